The van der Waals surface area contributed by atoms with Crippen molar-refractivity contribution in [1.82, 2.24) is 9.62 Å². The first-order valence-electron chi connectivity index (χ1n) is 7.83. The van der Waals surface area contributed by atoms with Crippen molar-refractivity contribution in [3.63, 3.8) is 0 Å². The SMILES string of the molecule is CC(C)CCOc1ccc(S(=O)(=O)N(C)C2CCNC2)cc1. The molecule has 1 N–H and O–H groups in total. The van der Waals surface area contributed by atoms with Crippen molar-refractivity contribution >= 4 is 10.0 Å². The zero-order chi connectivity index (χ0) is 16.2. The highest BCUT2D eigenvalue weighted by Crippen LogP contribution is 2.22. The van der Waals surface area contributed by atoms with Crippen molar-refractivity contribution < 1.29 is 13.2 Å². The van der Waals surface area contributed by atoms with E-state index in [1.165, 1.54) is 4.31 Å². The Labute approximate surface area is 133 Å². The molecule has 22 heavy (non-hydrogen) atoms. The maximum atomic E-state index is 12.6. The number of ether oxygens (including phenoxy) is 1. The maximum Gasteiger partial charge on any atom is 0.243 e. The molecule has 5 nitrogen and oxygen atoms in total. The number of hydrogen-bond donors (Lipinski definition) is 1. The largest absolute Gasteiger partial charge is 0.494 e. The molecule has 124 valence electrons. The Kier molecular flexibility index (Phi) is 5.83. The molecule has 2 rings (SSSR count). The molecule has 1 atom stereocenters. The van der Waals surface area contributed by atoms with Gasteiger partial charge in [0.1, 0.15) is 5.75 Å². The molecule has 6 heteroatoms. The minimum Gasteiger partial charge on any atom is -0.494 e. The molecular weight excluding hydrogens is 300 g/mol. The quantitative estimate of drug-likeness (QED) is 0.833. The third kappa shape index (κ3) is 4.21. The average molecular weight is 326 g/mol. The first kappa shape index (κ1) is 17.2. The third-order valence-corrected chi connectivity index (χ3v) is 5.94. The summed E-state index contributed by atoms with van der Waals surface area (Å²) in [4.78, 5) is 0.318. The van der Waals surface area contributed by atoms with Crippen LogP contribution in [0.3, 0.4) is 0 Å². The van der Waals surface area contributed by atoms with E-state index in [1.54, 1.807) is 31.3 Å². The molecule has 0 amide bonds. The summed E-state index contributed by atoms with van der Waals surface area (Å²) in [7, 11) is -1.78. The van der Waals surface area contributed by atoms with Crippen molar-refractivity contribution in [2.45, 2.75) is 37.6 Å². The second kappa shape index (κ2) is 7.44. The van der Waals surface area contributed by atoms with Crippen LogP contribution in [0, 0.1) is 5.92 Å². The average Bonchev–Trinajstić information content (AvgIpc) is 3.00. The maximum absolute atomic E-state index is 12.6. The van der Waals surface area contributed by atoms with Crippen molar-refractivity contribution in [3.8, 4) is 5.75 Å². The number of sulfonamides is 1. The highest BCUT2D eigenvalue weighted by molar-refractivity contribution is 7.89. The molecule has 1 fully saturated rings. The monoisotopic (exact) mass is 326 g/mol. The predicted octanol–water partition coefficient (Wildman–Crippen LogP) is 2.09. The minimum atomic E-state index is -3.44. The summed E-state index contributed by atoms with van der Waals surface area (Å²) in [5.41, 5.74) is 0. The first-order chi connectivity index (χ1) is 10.4. The van der Waals surface area contributed by atoms with Gasteiger partial charge in [0, 0.05) is 19.6 Å². The number of benzene rings is 1. The van der Waals surface area contributed by atoms with E-state index in [-0.39, 0.29) is 6.04 Å². The topological polar surface area (TPSA) is 58.6 Å². The van der Waals surface area contributed by atoms with Crippen LogP contribution < -0.4 is 10.1 Å². The number of rotatable bonds is 7. The van der Waals surface area contributed by atoms with E-state index in [9.17, 15) is 8.42 Å². The molecule has 0 saturated carbocycles. The van der Waals surface area contributed by atoms with Crippen LogP contribution in [0.4, 0.5) is 0 Å². The van der Waals surface area contributed by atoms with E-state index in [2.05, 4.69) is 19.2 Å². The molecule has 1 aromatic rings. The number of hydrogen-bond acceptors (Lipinski definition) is 4. The molecule has 0 bridgehead atoms. The van der Waals surface area contributed by atoms with Gasteiger partial charge in [-0.1, -0.05) is 13.8 Å². The zero-order valence-corrected chi connectivity index (χ0v) is 14.4. The summed E-state index contributed by atoms with van der Waals surface area (Å²) in [6.07, 6.45) is 1.84. The Morgan fingerprint density at radius 2 is 2.00 bits per heavy atom. The van der Waals surface area contributed by atoms with Gasteiger partial charge in [-0.2, -0.15) is 4.31 Å². The van der Waals surface area contributed by atoms with E-state index >= 15 is 0 Å². The van der Waals surface area contributed by atoms with Gasteiger partial charge >= 0.3 is 0 Å². The Morgan fingerprint density at radius 3 is 2.55 bits per heavy atom. The van der Waals surface area contributed by atoms with Gasteiger partial charge in [-0.15, -0.1) is 0 Å². The minimum absolute atomic E-state index is 0.0342. The predicted molar refractivity (Wildman–Crippen MR) is 87.6 cm³/mol. The van der Waals surface area contributed by atoms with E-state index < -0.39 is 10.0 Å². The molecule has 0 radical (unpaired) electrons. The lowest BCUT2D eigenvalue weighted by Gasteiger charge is -2.23. The molecule has 1 heterocycles. The Morgan fingerprint density at radius 1 is 1.32 bits per heavy atom. The summed E-state index contributed by atoms with van der Waals surface area (Å²) in [6.45, 7) is 6.52. The highest BCUT2D eigenvalue weighted by Gasteiger charge is 2.29. The Hall–Kier alpha value is -1.11. The summed E-state index contributed by atoms with van der Waals surface area (Å²) < 4.78 is 32.3. The van der Waals surface area contributed by atoms with E-state index in [4.69, 9.17) is 4.74 Å². The first-order valence-corrected chi connectivity index (χ1v) is 9.27. The van der Waals surface area contributed by atoms with Gasteiger partial charge in [-0.3, -0.25) is 0 Å². The fraction of sp³-hybridized carbons (Fsp3) is 0.625. The fourth-order valence-electron chi connectivity index (χ4n) is 2.43. The number of likely N-dealkylation sites (N-methyl/N-ethyl adjacent to an activating group) is 1. The normalized spacial score (nSPS) is 19.0. The molecule has 0 spiro atoms. The molecule has 0 aromatic heterocycles. The fourth-order valence-corrected chi connectivity index (χ4v) is 3.82. The van der Waals surface area contributed by atoms with Crippen LogP contribution in [-0.2, 0) is 10.0 Å². The lowest BCUT2D eigenvalue weighted by atomic mass is 10.1. The second-order valence-electron chi connectivity index (χ2n) is 6.17. The molecule has 1 aliphatic rings. The highest BCUT2D eigenvalue weighted by atomic mass is 32.2. The molecular formula is C16H26N2O3S. The van der Waals surface area contributed by atoms with Crippen LogP contribution in [0.25, 0.3) is 0 Å². The van der Waals surface area contributed by atoms with Crippen molar-refractivity contribution in [2.75, 3.05) is 26.7 Å². The van der Waals surface area contributed by atoms with E-state index in [1.807, 2.05) is 0 Å². The lowest BCUT2D eigenvalue weighted by molar-refractivity contribution is 0.289. The van der Waals surface area contributed by atoms with Crippen LogP contribution in [0.5, 0.6) is 5.75 Å². The Bertz CT molecular complexity index is 564. The van der Waals surface area contributed by atoms with Crippen molar-refractivity contribution in [2.24, 2.45) is 5.92 Å². The molecule has 1 aromatic carbocycles. The molecule has 1 unspecified atom stereocenters. The van der Waals surface area contributed by atoms with Crippen LogP contribution >= 0.6 is 0 Å². The second-order valence-corrected chi connectivity index (χ2v) is 8.17. The number of nitrogens with one attached hydrogen (secondary N) is 1. The van der Waals surface area contributed by atoms with Crippen molar-refractivity contribution in [3.05, 3.63) is 24.3 Å². The summed E-state index contributed by atoms with van der Waals surface area (Å²) >= 11 is 0. The lowest BCUT2D eigenvalue weighted by Crippen LogP contribution is -2.38. The van der Waals surface area contributed by atoms with Crippen LogP contribution in [0.15, 0.2) is 29.2 Å². The summed E-state index contributed by atoms with van der Waals surface area (Å²) in [5, 5.41) is 3.19. The van der Waals surface area contributed by atoms with E-state index in [0.717, 1.165) is 19.4 Å². The van der Waals surface area contributed by atoms with Crippen LogP contribution in [0.2, 0.25) is 0 Å². The number of nitrogens with zero attached hydrogens (tertiary/aromatic N) is 1. The van der Waals surface area contributed by atoms with Gasteiger partial charge in [-0.05, 0) is 49.6 Å². The summed E-state index contributed by atoms with van der Waals surface area (Å²) in [5.74, 6) is 1.30. The molecule has 1 aliphatic heterocycles. The Balaban J connectivity index is 2.02. The third-order valence-electron chi connectivity index (χ3n) is 4.01. The van der Waals surface area contributed by atoms with Gasteiger partial charge in [0.25, 0.3) is 0 Å². The molecule has 0 aliphatic carbocycles. The van der Waals surface area contributed by atoms with E-state index in [0.29, 0.717) is 29.7 Å². The molecule has 1 saturated heterocycles. The standard InChI is InChI=1S/C16H26N2O3S/c1-13(2)9-11-21-15-4-6-16(7-5-15)22(19,20)18(3)14-8-10-17-12-14/h4-7,13-14,17H,8-12H2,1-3H3. The van der Waals surface area contributed by atoms with Gasteiger partial charge in [0.2, 0.25) is 10.0 Å². The zero-order valence-electron chi connectivity index (χ0n) is 13.6. The van der Waals surface area contributed by atoms with Gasteiger partial charge in [0.05, 0.1) is 11.5 Å². The summed E-state index contributed by atoms with van der Waals surface area (Å²) in [6, 6.07) is 6.74. The van der Waals surface area contributed by atoms with Crippen molar-refractivity contribution in [1.29, 1.82) is 0 Å². The van der Waals surface area contributed by atoms with Gasteiger partial charge < -0.3 is 10.1 Å². The van der Waals surface area contributed by atoms with Gasteiger partial charge in [-0.25, -0.2) is 8.42 Å². The van der Waals surface area contributed by atoms with Crippen LogP contribution in [-0.4, -0.2) is 45.5 Å². The smallest absolute Gasteiger partial charge is 0.243 e. The van der Waals surface area contributed by atoms with Gasteiger partial charge in [0.15, 0.2) is 0 Å². The van der Waals surface area contributed by atoms with Crippen LogP contribution in [0.1, 0.15) is 26.7 Å².